The minimum atomic E-state index is -0.261. The zero-order valence-electron chi connectivity index (χ0n) is 20.3. The lowest BCUT2D eigenvalue weighted by atomic mass is 9.87. The number of rotatable bonds is 15. The SMILES string of the molecule is CCCCCCCCCC(=O)OC1C=Cc2c(CCCCCCC)ccc3cccc1c23. The second-order valence-corrected chi connectivity index (χ2v) is 9.39. The van der Waals surface area contributed by atoms with Gasteiger partial charge in [-0.3, -0.25) is 4.79 Å². The molecule has 174 valence electrons. The average molecular weight is 435 g/mol. The van der Waals surface area contributed by atoms with Crippen molar-refractivity contribution in [2.24, 2.45) is 0 Å². The third-order valence-electron chi connectivity index (χ3n) is 6.75. The van der Waals surface area contributed by atoms with Crippen LogP contribution in [0.2, 0.25) is 0 Å². The lowest BCUT2D eigenvalue weighted by Crippen LogP contribution is -2.12. The van der Waals surface area contributed by atoms with Crippen molar-refractivity contribution in [1.82, 2.24) is 0 Å². The molecule has 1 unspecified atom stereocenters. The highest BCUT2D eigenvalue weighted by Crippen LogP contribution is 2.37. The molecule has 3 rings (SSSR count). The quantitative estimate of drug-likeness (QED) is 0.206. The van der Waals surface area contributed by atoms with Gasteiger partial charge in [0.25, 0.3) is 0 Å². The van der Waals surface area contributed by atoms with Gasteiger partial charge >= 0.3 is 5.97 Å². The molecule has 2 aromatic carbocycles. The molecule has 2 nitrogen and oxygen atoms in total. The third kappa shape index (κ3) is 6.95. The van der Waals surface area contributed by atoms with E-state index in [2.05, 4.69) is 56.3 Å². The van der Waals surface area contributed by atoms with Crippen LogP contribution in [0.15, 0.2) is 36.4 Å². The van der Waals surface area contributed by atoms with E-state index in [9.17, 15) is 4.79 Å². The molecule has 0 aliphatic heterocycles. The van der Waals surface area contributed by atoms with Crippen LogP contribution in [0.5, 0.6) is 0 Å². The maximum atomic E-state index is 12.5. The molecule has 2 heteroatoms. The summed E-state index contributed by atoms with van der Waals surface area (Å²) in [6.45, 7) is 4.50. The Kier molecular flexibility index (Phi) is 10.3. The predicted octanol–water partition coefficient (Wildman–Crippen LogP) is 9.10. The van der Waals surface area contributed by atoms with Crippen molar-refractivity contribution >= 4 is 22.8 Å². The monoisotopic (exact) mass is 434 g/mol. The minimum Gasteiger partial charge on any atom is -0.453 e. The maximum Gasteiger partial charge on any atom is 0.306 e. The fourth-order valence-corrected chi connectivity index (χ4v) is 4.86. The van der Waals surface area contributed by atoms with Gasteiger partial charge in [-0.15, -0.1) is 0 Å². The Morgan fingerprint density at radius 3 is 2.25 bits per heavy atom. The van der Waals surface area contributed by atoms with E-state index >= 15 is 0 Å². The first-order chi connectivity index (χ1) is 15.7. The normalized spacial score (nSPS) is 14.8. The molecule has 0 saturated carbocycles. The summed E-state index contributed by atoms with van der Waals surface area (Å²) in [5, 5.41) is 2.51. The van der Waals surface area contributed by atoms with E-state index in [4.69, 9.17) is 4.74 Å². The first kappa shape index (κ1) is 24.6. The zero-order valence-corrected chi connectivity index (χ0v) is 20.3. The van der Waals surface area contributed by atoms with Crippen LogP contribution in [0.25, 0.3) is 16.8 Å². The molecule has 0 fully saturated rings. The van der Waals surface area contributed by atoms with Gasteiger partial charge in [0, 0.05) is 12.0 Å². The van der Waals surface area contributed by atoms with E-state index in [0.717, 1.165) is 24.8 Å². The largest absolute Gasteiger partial charge is 0.453 e. The summed E-state index contributed by atoms with van der Waals surface area (Å²) in [5.41, 5.74) is 3.89. The Balaban J connectivity index is 1.58. The van der Waals surface area contributed by atoms with E-state index in [-0.39, 0.29) is 12.1 Å². The number of hydrogen-bond acceptors (Lipinski definition) is 2. The number of carbonyl (C=O) groups excluding carboxylic acids is 1. The molecule has 1 aliphatic rings. The summed E-state index contributed by atoms with van der Waals surface area (Å²) < 4.78 is 5.92. The fraction of sp³-hybridized carbons (Fsp3) is 0.567. The topological polar surface area (TPSA) is 26.3 Å². The second-order valence-electron chi connectivity index (χ2n) is 9.39. The van der Waals surface area contributed by atoms with Crippen LogP contribution in [0, 0.1) is 0 Å². The van der Waals surface area contributed by atoms with Crippen molar-refractivity contribution in [2.75, 3.05) is 0 Å². The van der Waals surface area contributed by atoms with Gasteiger partial charge in [0.2, 0.25) is 0 Å². The first-order valence-electron chi connectivity index (χ1n) is 13.2. The van der Waals surface area contributed by atoms with Gasteiger partial charge < -0.3 is 4.74 Å². The Bertz CT molecular complexity index is 880. The Morgan fingerprint density at radius 2 is 1.50 bits per heavy atom. The summed E-state index contributed by atoms with van der Waals surface area (Å²) >= 11 is 0. The Hall–Kier alpha value is -2.09. The lowest BCUT2D eigenvalue weighted by molar-refractivity contribution is -0.147. The van der Waals surface area contributed by atoms with Gasteiger partial charge in [-0.1, -0.05) is 114 Å². The van der Waals surface area contributed by atoms with Gasteiger partial charge in [0.15, 0.2) is 0 Å². The molecule has 0 radical (unpaired) electrons. The summed E-state index contributed by atoms with van der Waals surface area (Å²) in [6, 6.07) is 10.9. The standard InChI is InChI=1S/C30H42O2/c1-3-5-7-9-10-12-14-19-29(31)32-28-23-22-26-24(16-13-11-8-6-4-2)20-21-25-17-15-18-27(28)30(25)26/h15,17-18,20-23,28H,3-14,16,19H2,1-2H3. The number of ether oxygens (including phenoxy) is 1. The number of aryl methyl sites for hydroxylation is 1. The van der Waals surface area contributed by atoms with Crippen molar-refractivity contribution < 1.29 is 9.53 Å². The van der Waals surface area contributed by atoms with Crippen molar-refractivity contribution in [3.8, 4) is 0 Å². The van der Waals surface area contributed by atoms with Crippen LogP contribution in [0.4, 0.5) is 0 Å². The molecule has 0 N–H and O–H groups in total. The smallest absolute Gasteiger partial charge is 0.306 e. The number of unbranched alkanes of at least 4 members (excludes halogenated alkanes) is 10. The Labute approximate surface area is 195 Å². The molecule has 32 heavy (non-hydrogen) atoms. The Morgan fingerprint density at radius 1 is 0.812 bits per heavy atom. The average Bonchev–Trinajstić information content (AvgIpc) is 2.81. The lowest BCUT2D eigenvalue weighted by Gasteiger charge is -2.23. The van der Waals surface area contributed by atoms with Gasteiger partial charge in [0.05, 0.1) is 0 Å². The third-order valence-corrected chi connectivity index (χ3v) is 6.75. The number of carbonyl (C=O) groups is 1. The molecule has 1 aliphatic carbocycles. The van der Waals surface area contributed by atoms with Gasteiger partial charge in [-0.2, -0.15) is 0 Å². The van der Waals surface area contributed by atoms with E-state index in [1.807, 2.05) is 0 Å². The summed E-state index contributed by atoms with van der Waals surface area (Å²) in [5.74, 6) is -0.0688. The van der Waals surface area contributed by atoms with Gasteiger partial charge in [0.1, 0.15) is 6.10 Å². The number of esters is 1. The molecule has 0 bridgehead atoms. The van der Waals surface area contributed by atoms with Crippen LogP contribution in [-0.2, 0) is 16.0 Å². The highest BCUT2D eigenvalue weighted by Gasteiger charge is 2.22. The number of benzene rings is 2. The molecule has 1 atom stereocenters. The van der Waals surface area contributed by atoms with E-state index < -0.39 is 0 Å². The molecular weight excluding hydrogens is 392 g/mol. The van der Waals surface area contributed by atoms with E-state index in [1.165, 1.54) is 86.1 Å². The van der Waals surface area contributed by atoms with Crippen molar-refractivity contribution in [2.45, 2.75) is 110 Å². The molecule has 0 heterocycles. The highest BCUT2D eigenvalue weighted by atomic mass is 16.5. The van der Waals surface area contributed by atoms with E-state index in [1.54, 1.807) is 0 Å². The maximum absolute atomic E-state index is 12.5. The van der Waals surface area contributed by atoms with Crippen LogP contribution in [0.1, 0.15) is 120 Å². The highest BCUT2D eigenvalue weighted by molar-refractivity contribution is 5.97. The van der Waals surface area contributed by atoms with Crippen LogP contribution in [0.3, 0.4) is 0 Å². The summed E-state index contributed by atoms with van der Waals surface area (Å²) in [4.78, 5) is 12.5. The molecule has 0 amide bonds. The molecule has 0 saturated heterocycles. The molecule has 0 aromatic heterocycles. The first-order valence-corrected chi connectivity index (χ1v) is 13.2. The molecule has 2 aromatic rings. The zero-order chi connectivity index (χ0) is 22.6. The molecule has 0 spiro atoms. The van der Waals surface area contributed by atoms with Crippen LogP contribution in [-0.4, -0.2) is 5.97 Å². The van der Waals surface area contributed by atoms with Crippen LogP contribution < -0.4 is 0 Å². The fourth-order valence-electron chi connectivity index (χ4n) is 4.86. The van der Waals surface area contributed by atoms with Crippen molar-refractivity contribution in [3.05, 3.63) is 53.1 Å². The minimum absolute atomic E-state index is 0.0688. The number of hydrogen-bond donors (Lipinski definition) is 0. The van der Waals surface area contributed by atoms with Gasteiger partial charge in [-0.25, -0.2) is 0 Å². The predicted molar refractivity (Wildman–Crippen MR) is 137 cm³/mol. The molecular formula is C30H42O2. The van der Waals surface area contributed by atoms with Crippen molar-refractivity contribution in [3.63, 3.8) is 0 Å². The van der Waals surface area contributed by atoms with Crippen molar-refractivity contribution in [1.29, 1.82) is 0 Å². The summed E-state index contributed by atoms with van der Waals surface area (Å²) in [7, 11) is 0. The van der Waals surface area contributed by atoms with E-state index in [0.29, 0.717) is 6.42 Å². The van der Waals surface area contributed by atoms with Gasteiger partial charge in [-0.05, 0) is 47.2 Å². The second kappa shape index (κ2) is 13.5. The van der Waals surface area contributed by atoms with Crippen LogP contribution >= 0.6 is 0 Å². The summed E-state index contributed by atoms with van der Waals surface area (Å²) in [6.07, 6.45) is 20.6.